The van der Waals surface area contributed by atoms with E-state index in [2.05, 4.69) is 50.2 Å². The first kappa shape index (κ1) is 15.3. The van der Waals surface area contributed by atoms with E-state index in [9.17, 15) is 0 Å². The number of aromatic nitrogens is 1. The van der Waals surface area contributed by atoms with Crippen LogP contribution in [0.15, 0.2) is 12.3 Å². The summed E-state index contributed by atoms with van der Waals surface area (Å²) in [7, 11) is 0. The molecule has 1 saturated heterocycles. The van der Waals surface area contributed by atoms with Crippen LogP contribution in [0, 0.1) is 0 Å². The van der Waals surface area contributed by atoms with E-state index in [4.69, 9.17) is 4.98 Å². The molecule has 2 heterocycles. The predicted octanol–water partition coefficient (Wildman–Crippen LogP) is 3.35. The summed E-state index contributed by atoms with van der Waals surface area (Å²) in [6, 6.07) is 2.93. The first-order valence-electron chi connectivity index (χ1n) is 8.12. The summed E-state index contributed by atoms with van der Waals surface area (Å²) in [4.78, 5) is 7.17. The van der Waals surface area contributed by atoms with Crippen LogP contribution in [0.2, 0.25) is 0 Å². The third kappa shape index (κ3) is 3.51. The molecule has 0 aromatic carbocycles. The van der Waals surface area contributed by atoms with E-state index in [1.54, 1.807) is 0 Å². The Hall–Kier alpha value is -1.09. The molecule has 0 radical (unpaired) electrons. The van der Waals surface area contributed by atoms with Crippen molar-refractivity contribution in [2.75, 3.05) is 24.5 Å². The number of rotatable bonds is 5. The molecule has 1 unspecified atom stereocenters. The fraction of sp³-hybridized carbons (Fsp3) is 0.706. The highest BCUT2D eigenvalue weighted by Gasteiger charge is 2.20. The van der Waals surface area contributed by atoms with Crippen molar-refractivity contribution in [2.45, 2.75) is 58.9 Å². The minimum Gasteiger partial charge on any atom is -0.354 e. The van der Waals surface area contributed by atoms with Gasteiger partial charge in [0.1, 0.15) is 5.82 Å². The summed E-state index contributed by atoms with van der Waals surface area (Å²) in [5.41, 5.74) is 2.85. The van der Waals surface area contributed by atoms with Gasteiger partial charge in [0.05, 0.1) is 0 Å². The lowest BCUT2D eigenvalue weighted by molar-refractivity contribution is 0.429. The van der Waals surface area contributed by atoms with Crippen LogP contribution in [-0.2, 0) is 6.42 Å². The van der Waals surface area contributed by atoms with Crippen LogP contribution in [0.25, 0.3) is 0 Å². The van der Waals surface area contributed by atoms with E-state index >= 15 is 0 Å². The molecule has 1 aliphatic rings. The molecular weight excluding hydrogens is 246 g/mol. The highest BCUT2D eigenvalue weighted by atomic mass is 15.2. The first-order chi connectivity index (χ1) is 9.65. The molecule has 0 amide bonds. The third-order valence-corrected chi connectivity index (χ3v) is 4.23. The first-order valence-corrected chi connectivity index (χ1v) is 8.12. The lowest BCUT2D eigenvalue weighted by Gasteiger charge is -2.35. The van der Waals surface area contributed by atoms with Crippen molar-refractivity contribution in [3.63, 3.8) is 0 Å². The van der Waals surface area contributed by atoms with E-state index < -0.39 is 0 Å². The Kier molecular flexibility index (Phi) is 5.41. The van der Waals surface area contributed by atoms with Gasteiger partial charge < -0.3 is 10.2 Å². The van der Waals surface area contributed by atoms with Crippen LogP contribution < -0.4 is 10.2 Å². The molecule has 0 spiro atoms. The molecule has 3 nitrogen and oxygen atoms in total. The molecule has 20 heavy (non-hydrogen) atoms. The van der Waals surface area contributed by atoms with Crippen LogP contribution in [0.4, 0.5) is 5.82 Å². The van der Waals surface area contributed by atoms with E-state index in [-0.39, 0.29) is 0 Å². The molecule has 1 aromatic heterocycles. The summed E-state index contributed by atoms with van der Waals surface area (Å²) >= 11 is 0. The van der Waals surface area contributed by atoms with Crippen molar-refractivity contribution in [1.29, 1.82) is 0 Å². The van der Waals surface area contributed by atoms with E-state index in [1.165, 1.54) is 24.0 Å². The molecule has 2 rings (SSSR count). The molecule has 1 aromatic rings. The fourth-order valence-corrected chi connectivity index (χ4v) is 3.07. The minimum atomic E-state index is 0.558. The standard InChI is InChI=1S/C17H29N3/c1-5-7-15-12-20(9-8-18-15)17-10-14(6-2)16(11-19-17)13(3)4/h10-11,13,15,18H,5-9,12H2,1-4H3. The fourth-order valence-electron chi connectivity index (χ4n) is 3.07. The van der Waals surface area contributed by atoms with Crippen LogP contribution in [0.1, 0.15) is 57.6 Å². The predicted molar refractivity (Wildman–Crippen MR) is 86.6 cm³/mol. The van der Waals surface area contributed by atoms with Crippen LogP contribution in [-0.4, -0.2) is 30.7 Å². The molecular formula is C17H29N3. The Balaban J connectivity index is 2.15. The van der Waals surface area contributed by atoms with Crippen molar-refractivity contribution in [3.8, 4) is 0 Å². The molecule has 1 atom stereocenters. The summed E-state index contributed by atoms with van der Waals surface area (Å²) in [5, 5.41) is 3.61. The molecule has 112 valence electrons. The molecule has 3 heteroatoms. The number of nitrogens with one attached hydrogen (secondary N) is 1. The highest BCUT2D eigenvalue weighted by Crippen LogP contribution is 2.24. The number of piperazine rings is 1. The van der Waals surface area contributed by atoms with Gasteiger partial charge in [-0.25, -0.2) is 4.98 Å². The molecule has 0 bridgehead atoms. The van der Waals surface area contributed by atoms with Crippen molar-refractivity contribution < 1.29 is 0 Å². The van der Waals surface area contributed by atoms with Gasteiger partial charge in [-0.05, 0) is 36.0 Å². The Labute approximate surface area is 123 Å². The van der Waals surface area contributed by atoms with Gasteiger partial charge in [0.25, 0.3) is 0 Å². The lowest BCUT2D eigenvalue weighted by atomic mass is 9.98. The Morgan fingerprint density at radius 1 is 1.40 bits per heavy atom. The Morgan fingerprint density at radius 3 is 2.85 bits per heavy atom. The van der Waals surface area contributed by atoms with Gasteiger partial charge in [-0.15, -0.1) is 0 Å². The molecule has 0 aliphatic carbocycles. The van der Waals surface area contributed by atoms with Gasteiger partial charge in [0.2, 0.25) is 0 Å². The lowest BCUT2D eigenvalue weighted by Crippen LogP contribution is -2.51. The third-order valence-electron chi connectivity index (χ3n) is 4.23. The Bertz CT molecular complexity index is 426. The second-order valence-corrected chi connectivity index (χ2v) is 6.14. The molecule has 1 aliphatic heterocycles. The minimum absolute atomic E-state index is 0.558. The van der Waals surface area contributed by atoms with Gasteiger partial charge in [0, 0.05) is 31.9 Å². The van der Waals surface area contributed by atoms with Crippen LogP contribution in [0.3, 0.4) is 0 Å². The average Bonchev–Trinajstić information content (AvgIpc) is 2.47. The van der Waals surface area contributed by atoms with Crippen molar-refractivity contribution in [3.05, 3.63) is 23.4 Å². The number of hydrogen-bond donors (Lipinski definition) is 1. The quantitative estimate of drug-likeness (QED) is 0.893. The number of pyridine rings is 1. The van der Waals surface area contributed by atoms with Crippen molar-refractivity contribution in [1.82, 2.24) is 10.3 Å². The summed E-state index contributed by atoms with van der Waals surface area (Å²) < 4.78 is 0. The number of hydrogen-bond acceptors (Lipinski definition) is 3. The highest BCUT2D eigenvalue weighted by molar-refractivity contribution is 5.45. The maximum atomic E-state index is 4.72. The smallest absolute Gasteiger partial charge is 0.128 e. The monoisotopic (exact) mass is 275 g/mol. The summed E-state index contributed by atoms with van der Waals surface area (Å²) in [5.74, 6) is 1.72. The average molecular weight is 275 g/mol. The van der Waals surface area contributed by atoms with E-state index in [0.717, 1.165) is 31.9 Å². The SMILES string of the molecule is CCCC1CN(c2cc(CC)c(C(C)C)cn2)CCN1. The van der Waals surface area contributed by atoms with Crippen molar-refractivity contribution >= 4 is 5.82 Å². The topological polar surface area (TPSA) is 28.2 Å². The Morgan fingerprint density at radius 2 is 2.20 bits per heavy atom. The van der Waals surface area contributed by atoms with E-state index in [0.29, 0.717) is 12.0 Å². The normalized spacial score (nSPS) is 19.6. The maximum Gasteiger partial charge on any atom is 0.128 e. The zero-order chi connectivity index (χ0) is 14.5. The summed E-state index contributed by atoms with van der Waals surface area (Å²) in [6.45, 7) is 12.2. The zero-order valence-electron chi connectivity index (χ0n) is 13.4. The maximum absolute atomic E-state index is 4.72. The zero-order valence-corrected chi connectivity index (χ0v) is 13.4. The van der Waals surface area contributed by atoms with Gasteiger partial charge in [-0.3, -0.25) is 0 Å². The second kappa shape index (κ2) is 7.07. The van der Waals surface area contributed by atoms with Crippen LogP contribution >= 0.6 is 0 Å². The van der Waals surface area contributed by atoms with Gasteiger partial charge in [-0.2, -0.15) is 0 Å². The number of anilines is 1. The largest absolute Gasteiger partial charge is 0.354 e. The van der Waals surface area contributed by atoms with Crippen LogP contribution in [0.5, 0.6) is 0 Å². The summed E-state index contributed by atoms with van der Waals surface area (Å²) in [6.07, 6.45) is 5.68. The number of aryl methyl sites for hydroxylation is 1. The van der Waals surface area contributed by atoms with Gasteiger partial charge in [-0.1, -0.05) is 34.1 Å². The molecule has 1 fully saturated rings. The second-order valence-electron chi connectivity index (χ2n) is 6.14. The van der Waals surface area contributed by atoms with Gasteiger partial charge >= 0.3 is 0 Å². The van der Waals surface area contributed by atoms with Crippen molar-refractivity contribution in [2.24, 2.45) is 0 Å². The molecule has 1 N–H and O–H groups in total. The molecule has 0 saturated carbocycles. The van der Waals surface area contributed by atoms with Gasteiger partial charge in [0.15, 0.2) is 0 Å². The number of nitrogens with zero attached hydrogens (tertiary/aromatic N) is 2. The van der Waals surface area contributed by atoms with E-state index in [1.807, 2.05) is 0 Å².